The topological polar surface area (TPSA) is 75.1 Å². The number of aromatic nitrogens is 3. The fraction of sp³-hybridized carbons (Fsp3) is 0.812. The van der Waals surface area contributed by atoms with Crippen molar-refractivity contribution >= 4 is 5.91 Å². The lowest BCUT2D eigenvalue weighted by atomic mass is 10.1. The maximum atomic E-state index is 12.4. The Kier molecular flexibility index (Phi) is 5.27. The van der Waals surface area contributed by atoms with Crippen molar-refractivity contribution in [3.8, 4) is 0 Å². The number of hydrogen-bond donors (Lipinski definition) is 2. The van der Waals surface area contributed by atoms with Gasteiger partial charge in [-0.25, -0.2) is 4.68 Å². The second kappa shape index (κ2) is 7.40. The van der Waals surface area contributed by atoms with Crippen molar-refractivity contribution in [3.05, 3.63) is 11.4 Å². The van der Waals surface area contributed by atoms with Crippen LogP contribution in [0.3, 0.4) is 0 Å². The van der Waals surface area contributed by atoms with Crippen LogP contribution in [-0.2, 0) is 0 Å². The van der Waals surface area contributed by atoms with Gasteiger partial charge in [0.05, 0.1) is 11.7 Å². The molecule has 1 saturated carbocycles. The molecule has 128 valence electrons. The van der Waals surface area contributed by atoms with E-state index in [0.29, 0.717) is 18.3 Å². The van der Waals surface area contributed by atoms with E-state index in [4.69, 9.17) is 0 Å². The Balaban J connectivity index is 1.53. The zero-order valence-corrected chi connectivity index (χ0v) is 14.2. The first-order chi connectivity index (χ1) is 11.2. The second-order valence-corrected chi connectivity index (χ2v) is 6.56. The van der Waals surface area contributed by atoms with E-state index in [1.54, 1.807) is 0 Å². The van der Waals surface area contributed by atoms with Crippen LogP contribution >= 0.6 is 0 Å². The molecule has 0 bridgehead atoms. The highest BCUT2D eigenvalue weighted by molar-refractivity contribution is 5.93. The highest BCUT2D eigenvalue weighted by Crippen LogP contribution is 2.25. The quantitative estimate of drug-likeness (QED) is 0.774. The molecule has 2 fully saturated rings. The highest BCUT2D eigenvalue weighted by atomic mass is 16.2. The lowest BCUT2D eigenvalue weighted by Gasteiger charge is -2.23. The molecule has 1 aromatic heterocycles. The summed E-state index contributed by atoms with van der Waals surface area (Å²) in [7, 11) is 0. The molecule has 1 aromatic rings. The Labute approximate surface area is 137 Å². The molecule has 1 saturated heterocycles. The molecule has 2 aliphatic rings. The summed E-state index contributed by atoms with van der Waals surface area (Å²) in [6, 6.07) is 1.09. The third kappa shape index (κ3) is 3.90. The number of amides is 1. The maximum absolute atomic E-state index is 12.4. The lowest BCUT2D eigenvalue weighted by molar-refractivity contribution is 0.0942. The molecular formula is C16H28N6O. The van der Waals surface area contributed by atoms with Gasteiger partial charge in [0, 0.05) is 19.1 Å². The summed E-state index contributed by atoms with van der Waals surface area (Å²) in [5, 5.41) is 14.7. The van der Waals surface area contributed by atoms with Crippen LogP contribution in [0.25, 0.3) is 0 Å². The minimum absolute atomic E-state index is 0.102. The SMILES string of the molecule is CCN(CCNC(=O)c1nnn(C2CCNCC2)c1C)C1CC1. The first-order valence-corrected chi connectivity index (χ1v) is 8.85. The third-order valence-electron chi connectivity index (χ3n) is 4.95. The Bertz CT molecular complexity index is 533. The Morgan fingerprint density at radius 2 is 2.09 bits per heavy atom. The largest absolute Gasteiger partial charge is 0.349 e. The van der Waals surface area contributed by atoms with E-state index in [2.05, 4.69) is 32.8 Å². The molecule has 23 heavy (non-hydrogen) atoms. The molecule has 0 unspecified atom stereocenters. The van der Waals surface area contributed by atoms with Crippen LogP contribution in [-0.4, -0.2) is 64.6 Å². The van der Waals surface area contributed by atoms with Gasteiger partial charge in [0.2, 0.25) is 0 Å². The summed E-state index contributed by atoms with van der Waals surface area (Å²) in [5.41, 5.74) is 1.35. The minimum atomic E-state index is -0.102. The van der Waals surface area contributed by atoms with Crippen molar-refractivity contribution in [1.29, 1.82) is 0 Å². The monoisotopic (exact) mass is 320 g/mol. The Morgan fingerprint density at radius 3 is 2.74 bits per heavy atom. The van der Waals surface area contributed by atoms with Crippen molar-refractivity contribution in [3.63, 3.8) is 0 Å². The molecule has 7 heteroatoms. The number of carbonyl (C=O) groups is 1. The van der Waals surface area contributed by atoms with Crippen LogP contribution < -0.4 is 10.6 Å². The van der Waals surface area contributed by atoms with Gasteiger partial charge in [0.25, 0.3) is 5.91 Å². The van der Waals surface area contributed by atoms with Gasteiger partial charge >= 0.3 is 0 Å². The molecule has 2 N–H and O–H groups in total. The van der Waals surface area contributed by atoms with E-state index in [9.17, 15) is 4.79 Å². The van der Waals surface area contributed by atoms with Crippen LogP contribution in [0, 0.1) is 6.92 Å². The van der Waals surface area contributed by atoms with Gasteiger partial charge in [0.1, 0.15) is 0 Å². The molecule has 0 radical (unpaired) electrons. The van der Waals surface area contributed by atoms with Crippen LogP contribution in [0.15, 0.2) is 0 Å². The number of likely N-dealkylation sites (N-methyl/N-ethyl adjacent to an activating group) is 1. The fourth-order valence-electron chi connectivity index (χ4n) is 3.38. The number of hydrogen-bond acceptors (Lipinski definition) is 5. The first-order valence-electron chi connectivity index (χ1n) is 8.85. The van der Waals surface area contributed by atoms with Gasteiger partial charge in [-0.2, -0.15) is 0 Å². The number of rotatable bonds is 7. The standard InChI is InChI=1S/C16H28N6O/c1-3-21(13-4-5-13)11-10-18-16(23)15-12(2)22(20-19-15)14-6-8-17-9-7-14/h13-14,17H,3-11H2,1-2H3,(H,18,23). The molecule has 1 aliphatic carbocycles. The van der Waals surface area contributed by atoms with E-state index in [0.717, 1.165) is 50.8 Å². The lowest BCUT2D eigenvalue weighted by Crippen LogP contribution is -2.36. The summed E-state index contributed by atoms with van der Waals surface area (Å²) >= 11 is 0. The van der Waals surface area contributed by atoms with Gasteiger partial charge < -0.3 is 10.6 Å². The predicted octanol–water partition coefficient (Wildman–Crippen LogP) is 0.725. The van der Waals surface area contributed by atoms with Crippen LogP contribution in [0.2, 0.25) is 0 Å². The minimum Gasteiger partial charge on any atom is -0.349 e. The van der Waals surface area contributed by atoms with Crippen molar-refractivity contribution in [2.75, 3.05) is 32.7 Å². The second-order valence-electron chi connectivity index (χ2n) is 6.56. The van der Waals surface area contributed by atoms with Crippen LogP contribution in [0.4, 0.5) is 0 Å². The number of nitrogens with zero attached hydrogens (tertiary/aromatic N) is 4. The molecular weight excluding hydrogens is 292 g/mol. The fourth-order valence-corrected chi connectivity index (χ4v) is 3.38. The molecule has 2 heterocycles. The molecule has 1 amide bonds. The van der Waals surface area contributed by atoms with E-state index in [1.807, 2.05) is 11.6 Å². The van der Waals surface area contributed by atoms with Crippen molar-refractivity contribution in [2.45, 2.75) is 51.6 Å². The zero-order chi connectivity index (χ0) is 16.2. The van der Waals surface area contributed by atoms with Gasteiger partial charge in [-0.1, -0.05) is 12.1 Å². The summed E-state index contributed by atoms with van der Waals surface area (Å²) < 4.78 is 1.93. The number of piperidine rings is 1. The number of carbonyl (C=O) groups excluding carboxylic acids is 1. The van der Waals surface area contributed by atoms with Crippen LogP contribution in [0.1, 0.15) is 54.8 Å². The molecule has 0 spiro atoms. The molecule has 0 atom stereocenters. The van der Waals surface area contributed by atoms with E-state index in [1.165, 1.54) is 12.8 Å². The van der Waals surface area contributed by atoms with E-state index in [-0.39, 0.29) is 5.91 Å². The van der Waals surface area contributed by atoms with Gasteiger partial charge in [-0.15, -0.1) is 5.10 Å². The summed E-state index contributed by atoms with van der Waals surface area (Å²) in [6.07, 6.45) is 4.67. The smallest absolute Gasteiger partial charge is 0.273 e. The predicted molar refractivity (Wildman–Crippen MR) is 88.5 cm³/mol. The normalized spacial score (nSPS) is 19.3. The van der Waals surface area contributed by atoms with E-state index < -0.39 is 0 Å². The molecule has 0 aromatic carbocycles. The molecule has 7 nitrogen and oxygen atoms in total. The average Bonchev–Trinajstić information content (AvgIpc) is 3.34. The first kappa shape index (κ1) is 16.4. The van der Waals surface area contributed by atoms with Gasteiger partial charge in [-0.3, -0.25) is 9.69 Å². The summed E-state index contributed by atoms with van der Waals surface area (Å²) in [4.78, 5) is 14.8. The van der Waals surface area contributed by atoms with Crippen molar-refractivity contribution in [2.24, 2.45) is 0 Å². The highest BCUT2D eigenvalue weighted by Gasteiger charge is 2.27. The summed E-state index contributed by atoms with van der Waals surface area (Å²) in [6.45, 7) is 8.75. The van der Waals surface area contributed by atoms with Crippen molar-refractivity contribution < 1.29 is 4.79 Å². The number of nitrogens with one attached hydrogen (secondary N) is 2. The third-order valence-corrected chi connectivity index (χ3v) is 4.95. The maximum Gasteiger partial charge on any atom is 0.273 e. The van der Waals surface area contributed by atoms with Crippen molar-refractivity contribution in [1.82, 2.24) is 30.5 Å². The summed E-state index contributed by atoms with van der Waals surface area (Å²) in [5.74, 6) is -0.102. The Hall–Kier alpha value is -1.47. The molecule has 3 rings (SSSR count). The van der Waals surface area contributed by atoms with E-state index >= 15 is 0 Å². The Morgan fingerprint density at radius 1 is 1.35 bits per heavy atom. The average molecular weight is 320 g/mol. The zero-order valence-electron chi connectivity index (χ0n) is 14.2. The van der Waals surface area contributed by atoms with Crippen LogP contribution in [0.5, 0.6) is 0 Å². The molecule has 1 aliphatic heterocycles. The van der Waals surface area contributed by atoms with Gasteiger partial charge in [0.15, 0.2) is 5.69 Å². The van der Waals surface area contributed by atoms with Gasteiger partial charge in [-0.05, 0) is 52.2 Å².